The zero-order valence-corrected chi connectivity index (χ0v) is 13.6. The van der Waals surface area contributed by atoms with Gasteiger partial charge in [0.1, 0.15) is 5.75 Å². The third-order valence-electron chi connectivity index (χ3n) is 3.94. The number of aromatic nitrogens is 1. The SMILES string of the molecule is COc1cccc(CNC(=O)NCCc2c[nH]c3ccccc23)c1. The maximum Gasteiger partial charge on any atom is 0.315 e. The molecule has 0 radical (unpaired) electrons. The first-order valence-corrected chi connectivity index (χ1v) is 7.96. The number of aromatic amines is 1. The predicted octanol–water partition coefficient (Wildman–Crippen LogP) is 3.22. The summed E-state index contributed by atoms with van der Waals surface area (Å²) in [6.07, 6.45) is 2.79. The molecule has 2 amide bonds. The Kier molecular flexibility index (Phi) is 5.01. The van der Waals surface area contributed by atoms with Crippen LogP contribution in [0.3, 0.4) is 0 Å². The van der Waals surface area contributed by atoms with E-state index < -0.39 is 0 Å². The molecule has 0 atom stereocenters. The lowest BCUT2D eigenvalue weighted by Gasteiger charge is -2.08. The van der Waals surface area contributed by atoms with Gasteiger partial charge in [-0.15, -0.1) is 0 Å². The minimum absolute atomic E-state index is 0.169. The van der Waals surface area contributed by atoms with Crippen LogP contribution in [0.4, 0.5) is 4.79 Å². The van der Waals surface area contributed by atoms with Crippen LogP contribution in [-0.2, 0) is 13.0 Å². The van der Waals surface area contributed by atoms with Crippen LogP contribution < -0.4 is 15.4 Å². The lowest BCUT2D eigenvalue weighted by atomic mass is 10.1. The highest BCUT2D eigenvalue weighted by Gasteiger charge is 2.04. The monoisotopic (exact) mass is 323 g/mol. The summed E-state index contributed by atoms with van der Waals surface area (Å²) in [5.74, 6) is 0.786. The Morgan fingerprint density at radius 2 is 2.00 bits per heavy atom. The number of H-pyrrole nitrogens is 1. The second kappa shape index (κ2) is 7.55. The molecule has 3 aromatic rings. The molecule has 0 aliphatic heterocycles. The molecule has 0 aliphatic carbocycles. The predicted molar refractivity (Wildman–Crippen MR) is 95.2 cm³/mol. The molecule has 5 nitrogen and oxygen atoms in total. The fourth-order valence-electron chi connectivity index (χ4n) is 2.68. The highest BCUT2D eigenvalue weighted by molar-refractivity contribution is 5.83. The van der Waals surface area contributed by atoms with Gasteiger partial charge in [0.2, 0.25) is 0 Å². The summed E-state index contributed by atoms with van der Waals surface area (Å²) in [6, 6.07) is 15.6. The first kappa shape index (κ1) is 15.9. The zero-order chi connectivity index (χ0) is 16.8. The maximum absolute atomic E-state index is 11.9. The summed E-state index contributed by atoms with van der Waals surface area (Å²) < 4.78 is 5.17. The van der Waals surface area contributed by atoms with Crippen molar-refractivity contribution in [1.29, 1.82) is 0 Å². The molecule has 2 aromatic carbocycles. The van der Waals surface area contributed by atoms with Crippen LogP contribution in [0.5, 0.6) is 5.75 Å². The number of hydrogen-bond donors (Lipinski definition) is 3. The van der Waals surface area contributed by atoms with Crippen molar-refractivity contribution in [3.8, 4) is 5.75 Å². The molecule has 24 heavy (non-hydrogen) atoms. The van der Waals surface area contributed by atoms with Gasteiger partial charge < -0.3 is 20.4 Å². The van der Waals surface area contributed by atoms with Crippen molar-refractivity contribution in [3.63, 3.8) is 0 Å². The molecule has 124 valence electrons. The topological polar surface area (TPSA) is 66.2 Å². The van der Waals surface area contributed by atoms with Gasteiger partial charge in [0.15, 0.2) is 0 Å². The van der Waals surface area contributed by atoms with E-state index in [1.165, 1.54) is 10.9 Å². The van der Waals surface area contributed by atoms with Crippen molar-refractivity contribution >= 4 is 16.9 Å². The zero-order valence-electron chi connectivity index (χ0n) is 13.6. The van der Waals surface area contributed by atoms with Crippen LogP contribution in [0.15, 0.2) is 54.7 Å². The Balaban J connectivity index is 1.45. The molecular weight excluding hydrogens is 302 g/mol. The second-order valence-corrected chi connectivity index (χ2v) is 5.57. The standard InChI is InChI=1S/C19H21N3O2/c1-24-16-6-4-5-14(11-16)12-22-19(23)20-10-9-15-13-21-18-8-3-2-7-17(15)18/h2-8,11,13,21H,9-10,12H2,1H3,(H2,20,22,23). The fraction of sp³-hybridized carbons (Fsp3) is 0.211. The van der Waals surface area contributed by atoms with Gasteiger partial charge in [-0.3, -0.25) is 0 Å². The van der Waals surface area contributed by atoms with Crippen LogP contribution in [-0.4, -0.2) is 24.7 Å². The van der Waals surface area contributed by atoms with Crippen molar-refractivity contribution < 1.29 is 9.53 Å². The van der Waals surface area contributed by atoms with E-state index >= 15 is 0 Å². The van der Waals surface area contributed by atoms with Crippen molar-refractivity contribution in [2.24, 2.45) is 0 Å². The lowest BCUT2D eigenvalue weighted by molar-refractivity contribution is 0.240. The Bertz CT molecular complexity index is 826. The maximum atomic E-state index is 11.9. The van der Waals surface area contributed by atoms with E-state index in [2.05, 4.69) is 21.7 Å². The number of benzene rings is 2. The highest BCUT2D eigenvalue weighted by atomic mass is 16.5. The van der Waals surface area contributed by atoms with Crippen LogP contribution in [0.2, 0.25) is 0 Å². The molecule has 1 heterocycles. The Labute approximate surface area is 141 Å². The molecular formula is C19H21N3O2. The molecule has 0 saturated heterocycles. The minimum atomic E-state index is -0.169. The summed E-state index contributed by atoms with van der Waals surface area (Å²) in [7, 11) is 1.63. The second-order valence-electron chi connectivity index (χ2n) is 5.57. The van der Waals surface area contributed by atoms with Gasteiger partial charge in [-0.05, 0) is 35.7 Å². The first-order valence-electron chi connectivity index (χ1n) is 7.96. The third kappa shape index (κ3) is 3.87. The van der Waals surface area contributed by atoms with Gasteiger partial charge in [0.25, 0.3) is 0 Å². The van der Waals surface area contributed by atoms with Gasteiger partial charge in [-0.2, -0.15) is 0 Å². The quantitative estimate of drug-likeness (QED) is 0.652. The Morgan fingerprint density at radius 3 is 2.88 bits per heavy atom. The third-order valence-corrected chi connectivity index (χ3v) is 3.94. The molecule has 0 unspecified atom stereocenters. The number of ether oxygens (including phenoxy) is 1. The van der Waals surface area contributed by atoms with E-state index in [1.54, 1.807) is 7.11 Å². The van der Waals surface area contributed by atoms with Crippen LogP contribution in [0, 0.1) is 0 Å². The number of nitrogens with one attached hydrogen (secondary N) is 3. The average Bonchev–Trinajstić information content (AvgIpc) is 3.03. The Hall–Kier alpha value is -2.95. The van der Waals surface area contributed by atoms with Gasteiger partial charge >= 0.3 is 6.03 Å². The van der Waals surface area contributed by atoms with Crippen molar-refractivity contribution in [1.82, 2.24) is 15.6 Å². The van der Waals surface area contributed by atoms with Gasteiger partial charge in [-0.25, -0.2) is 4.79 Å². The first-order chi connectivity index (χ1) is 11.8. The van der Waals surface area contributed by atoms with E-state index in [-0.39, 0.29) is 6.03 Å². The van der Waals surface area contributed by atoms with E-state index in [1.807, 2.05) is 48.7 Å². The van der Waals surface area contributed by atoms with Crippen LogP contribution >= 0.6 is 0 Å². The van der Waals surface area contributed by atoms with E-state index in [9.17, 15) is 4.79 Å². The number of amides is 2. The van der Waals surface area contributed by atoms with Crippen LogP contribution in [0.1, 0.15) is 11.1 Å². The van der Waals surface area contributed by atoms with E-state index in [4.69, 9.17) is 4.74 Å². The minimum Gasteiger partial charge on any atom is -0.497 e. The number of urea groups is 1. The number of hydrogen-bond acceptors (Lipinski definition) is 2. The number of fused-ring (bicyclic) bond motifs is 1. The van der Waals surface area contributed by atoms with Gasteiger partial charge in [0.05, 0.1) is 7.11 Å². The van der Waals surface area contributed by atoms with E-state index in [0.717, 1.165) is 23.3 Å². The summed E-state index contributed by atoms with van der Waals surface area (Å²) in [5.41, 5.74) is 3.33. The normalized spacial score (nSPS) is 10.5. The number of para-hydroxylation sites is 1. The molecule has 0 fully saturated rings. The summed E-state index contributed by atoms with van der Waals surface area (Å²) >= 11 is 0. The highest BCUT2D eigenvalue weighted by Crippen LogP contribution is 2.17. The summed E-state index contributed by atoms with van der Waals surface area (Å²) in [5, 5.41) is 6.95. The van der Waals surface area contributed by atoms with Crippen molar-refractivity contribution in [3.05, 3.63) is 65.9 Å². The molecule has 3 N–H and O–H groups in total. The van der Waals surface area contributed by atoms with Gasteiger partial charge in [-0.1, -0.05) is 30.3 Å². The average molecular weight is 323 g/mol. The molecule has 0 saturated carbocycles. The molecule has 5 heteroatoms. The Morgan fingerprint density at radius 1 is 1.12 bits per heavy atom. The van der Waals surface area contributed by atoms with E-state index in [0.29, 0.717) is 13.1 Å². The number of carbonyl (C=O) groups is 1. The lowest BCUT2D eigenvalue weighted by Crippen LogP contribution is -2.36. The summed E-state index contributed by atoms with van der Waals surface area (Å²) in [4.78, 5) is 15.1. The smallest absolute Gasteiger partial charge is 0.315 e. The van der Waals surface area contributed by atoms with Crippen molar-refractivity contribution in [2.75, 3.05) is 13.7 Å². The molecule has 1 aromatic heterocycles. The number of rotatable bonds is 6. The molecule has 0 aliphatic rings. The van der Waals surface area contributed by atoms with Crippen molar-refractivity contribution in [2.45, 2.75) is 13.0 Å². The molecule has 0 spiro atoms. The number of carbonyl (C=O) groups excluding carboxylic acids is 1. The van der Waals surface area contributed by atoms with Gasteiger partial charge in [0, 0.05) is 30.2 Å². The fourth-order valence-corrected chi connectivity index (χ4v) is 2.68. The van der Waals surface area contributed by atoms with Crippen LogP contribution in [0.25, 0.3) is 10.9 Å². The number of methoxy groups -OCH3 is 1. The molecule has 0 bridgehead atoms. The summed E-state index contributed by atoms with van der Waals surface area (Å²) in [6.45, 7) is 1.06. The molecule has 3 rings (SSSR count). The largest absolute Gasteiger partial charge is 0.497 e.